The van der Waals surface area contributed by atoms with E-state index in [4.69, 9.17) is 0 Å². The molecule has 0 atom stereocenters. The Bertz CT molecular complexity index is 827. The summed E-state index contributed by atoms with van der Waals surface area (Å²) in [6.07, 6.45) is 4.59. The first-order chi connectivity index (χ1) is 12.4. The van der Waals surface area contributed by atoms with Gasteiger partial charge in [0.1, 0.15) is 6.33 Å². The van der Waals surface area contributed by atoms with Crippen molar-refractivity contribution in [1.29, 1.82) is 0 Å². The number of hydrogen-bond acceptors (Lipinski definition) is 6. The van der Waals surface area contributed by atoms with E-state index in [-0.39, 0.29) is 5.91 Å². The second-order valence-electron chi connectivity index (χ2n) is 6.51. The lowest BCUT2D eigenvalue weighted by Crippen LogP contribution is -2.41. The second kappa shape index (κ2) is 7.92. The van der Waals surface area contributed by atoms with Gasteiger partial charge in [0.15, 0.2) is 0 Å². The minimum atomic E-state index is -3.11. The third-order valence-electron chi connectivity index (χ3n) is 4.54. The molecule has 2 aromatic rings. The first-order valence-electron chi connectivity index (χ1n) is 8.46. The topological polar surface area (TPSA) is 110 Å². The molecule has 9 nitrogen and oxygen atoms in total. The number of benzene rings is 1. The molecule has 1 aliphatic rings. The molecule has 10 heteroatoms. The van der Waals surface area contributed by atoms with Crippen molar-refractivity contribution in [3.63, 3.8) is 0 Å². The zero-order chi connectivity index (χ0) is 18.6. The van der Waals surface area contributed by atoms with Crippen LogP contribution in [0.2, 0.25) is 0 Å². The molecule has 3 rings (SSSR count). The van der Waals surface area contributed by atoms with E-state index in [1.165, 1.54) is 16.9 Å². The molecule has 0 aliphatic carbocycles. The van der Waals surface area contributed by atoms with E-state index in [0.717, 1.165) is 24.1 Å². The molecular formula is C16H22N6O3S. The quantitative estimate of drug-likeness (QED) is 0.757. The average molecular weight is 378 g/mol. The van der Waals surface area contributed by atoms with Crippen LogP contribution < -0.4 is 5.32 Å². The third-order valence-corrected chi connectivity index (χ3v) is 5.85. The van der Waals surface area contributed by atoms with Crippen molar-refractivity contribution in [1.82, 2.24) is 29.8 Å². The van der Waals surface area contributed by atoms with Gasteiger partial charge in [0.05, 0.1) is 18.4 Å². The molecule has 1 aromatic heterocycles. The summed E-state index contributed by atoms with van der Waals surface area (Å²) in [6.45, 7) is 1.63. The second-order valence-corrected chi connectivity index (χ2v) is 8.49. The Morgan fingerprint density at radius 3 is 2.50 bits per heavy atom. The molecule has 1 aromatic carbocycles. The molecule has 26 heavy (non-hydrogen) atoms. The van der Waals surface area contributed by atoms with Gasteiger partial charge in [0.25, 0.3) is 0 Å². The number of carbonyl (C=O) groups is 1. The minimum Gasteiger partial charge on any atom is -0.356 e. The van der Waals surface area contributed by atoms with E-state index in [9.17, 15) is 13.2 Å². The molecule has 1 fully saturated rings. The zero-order valence-electron chi connectivity index (χ0n) is 14.6. The summed E-state index contributed by atoms with van der Waals surface area (Å²) in [5.74, 6) is 0.282. The first kappa shape index (κ1) is 18.5. The maximum absolute atomic E-state index is 12.1. The normalized spacial score (nSPS) is 16.5. The Kier molecular flexibility index (Phi) is 5.62. The SMILES string of the molecule is CS(=O)(=O)N1CCC(CNC(=O)Cc2ccc(-n3cnnn3)cc2)CC1. The molecule has 0 unspecified atom stereocenters. The van der Waals surface area contributed by atoms with Gasteiger partial charge in [-0.15, -0.1) is 5.10 Å². The van der Waals surface area contributed by atoms with Crippen LogP contribution in [0.25, 0.3) is 5.69 Å². The van der Waals surface area contributed by atoms with Gasteiger partial charge < -0.3 is 5.32 Å². The Balaban J connectivity index is 1.43. The van der Waals surface area contributed by atoms with Gasteiger partial charge in [-0.3, -0.25) is 4.79 Å². The van der Waals surface area contributed by atoms with Crippen LogP contribution in [0.5, 0.6) is 0 Å². The maximum Gasteiger partial charge on any atom is 0.224 e. The molecule has 1 saturated heterocycles. The lowest BCUT2D eigenvalue weighted by atomic mass is 9.98. The number of carbonyl (C=O) groups excluding carboxylic acids is 1. The van der Waals surface area contributed by atoms with E-state index >= 15 is 0 Å². The number of amides is 1. The standard InChI is InChI=1S/C16H22N6O3S/c1-26(24,25)21-8-6-14(7-9-21)11-17-16(23)10-13-2-4-15(5-3-13)22-12-18-19-20-22/h2-5,12,14H,6-11H2,1H3,(H,17,23). The summed E-state index contributed by atoms with van der Waals surface area (Å²) < 4.78 is 26.1. The van der Waals surface area contributed by atoms with Crippen LogP contribution in [-0.2, 0) is 21.2 Å². The molecule has 0 radical (unpaired) electrons. The van der Waals surface area contributed by atoms with Crippen LogP contribution in [0, 0.1) is 5.92 Å². The van der Waals surface area contributed by atoms with E-state index in [1.54, 1.807) is 4.68 Å². The summed E-state index contributed by atoms with van der Waals surface area (Å²) in [4.78, 5) is 12.1. The number of aromatic nitrogens is 4. The molecular weight excluding hydrogens is 356 g/mol. The van der Waals surface area contributed by atoms with Crippen LogP contribution in [0.1, 0.15) is 18.4 Å². The average Bonchev–Trinajstić information content (AvgIpc) is 3.15. The minimum absolute atomic E-state index is 0.0364. The fourth-order valence-electron chi connectivity index (χ4n) is 3.00. The van der Waals surface area contributed by atoms with Gasteiger partial charge in [-0.1, -0.05) is 12.1 Å². The maximum atomic E-state index is 12.1. The summed E-state index contributed by atoms with van der Waals surface area (Å²) in [7, 11) is -3.11. The molecule has 0 bridgehead atoms. The largest absolute Gasteiger partial charge is 0.356 e. The van der Waals surface area contributed by atoms with Crippen LogP contribution in [0.15, 0.2) is 30.6 Å². The van der Waals surface area contributed by atoms with Crippen molar-refractivity contribution < 1.29 is 13.2 Å². The summed E-state index contributed by atoms with van der Waals surface area (Å²) in [5, 5.41) is 13.9. The highest BCUT2D eigenvalue weighted by Crippen LogP contribution is 2.18. The molecule has 0 saturated carbocycles. The molecule has 140 valence electrons. The van der Waals surface area contributed by atoms with Crippen molar-refractivity contribution in [2.45, 2.75) is 19.3 Å². The van der Waals surface area contributed by atoms with Crippen LogP contribution in [0.3, 0.4) is 0 Å². The van der Waals surface area contributed by atoms with Crippen LogP contribution in [-0.4, -0.2) is 64.7 Å². The van der Waals surface area contributed by atoms with Gasteiger partial charge in [-0.2, -0.15) is 0 Å². The van der Waals surface area contributed by atoms with Gasteiger partial charge in [0.2, 0.25) is 15.9 Å². The number of nitrogens with zero attached hydrogens (tertiary/aromatic N) is 5. The number of nitrogens with one attached hydrogen (secondary N) is 1. The van der Waals surface area contributed by atoms with Crippen molar-refractivity contribution in [3.8, 4) is 5.69 Å². The number of sulfonamides is 1. The Hall–Kier alpha value is -2.33. The molecule has 1 amide bonds. The molecule has 2 heterocycles. The Labute approximate surface area is 152 Å². The van der Waals surface area contributed by atoms with Gasteiger partial charge in [0, 0.05) is 19.6 Å². The van der Waals surface area contributed by atoms with Crippen molar-refractivity contribution in [2.24, 2.45) is 5.92 Å². The summed E-state index contributed by atoms with van der Waals surface area (Å²) >= 11 is 0. The highest BCUT2D eigenvalue weighted by atomic mass is 32.2. The highest BCUT2D eigenvalue weighted by Gasteiger charge is 2.24. The zero-order valence-corrected chi connectivity index (χ0v) is 15.4. The van der Waals surface area contributed by atoms with Gasteiger partial charge in [-0.05, 0) is 46.9 Å². The molecule has 0 spiro atoms. The van der Waals surface area contributed by atoms with Gasteiger partial charge >= 0.3 is 0 Å². The van der Waals surface area contributed by atoms with E-state index in [1.807, 2.05) is 24.3 Å². The van der Waals surface area contributed by atoms with E-state index in [2.05, 4.69) is 20.8 Å². The fraction of sp³-hybridized carbons (Fsp3) is 0.500. The van der Waals surface area contributed by atoms with Gasteiger partial charge in [-0.25, -0.2) is 17.4 Å². The Morgan fingerprint density at radius 1 is 1.23 bits per heavy atom. The summed E-state index contributed by atoms with van der Waals surface area (Å²) in [5.41, 5.74) is 1.74. The lowest BCUT2D eigenvalue weighted by molar-refractivity contribution is -0.120. The van der Waals surface area contributed by atoms with Crippen molar-refractivity contribution in [3.05, 3.63) is 36.2 Å². The fourth-order valence-corrected chi connectivity index (χ4v) is 3.87. The Morgan fingerprint density at radius 2 is 1.92 bits per heavy atom. The van der Waals surface area contributed by atoms with E-state index in [0.29, 0.717) is 32.0 Å². The number of piperidine rings is 1. The highest BCUT2D eigenvalue weighted by molar-refractivity contribution is 7.88. The number of tetrazole rings is 1. The monoisotopic (exact) mass is 378 g/mol. The predicted octanol–water partition coefficient (Wildman–Crippen LogP) is -0.00740. The number of hydrogen-bond donors (Lipinski definition) is 1. The predicted molar refractivity (Wildman–Crippen MR) is 95.0 cm³/mol. The van der Waals surface area contributed by atoms with Crippen LogP contribution in [0.4, 0.5) is 0 Å². The molecule has 1 N–H and O–H groups in total. The first-order valence-corrected chi connectivity index (χ1v) is 10.3. The van der Waals surface area contributed by atoms with Crippen molar-refractivity contribution >= 4 is 15.9 Å². The van der Waals surface area contributed by atoms with Crippen LogP contribution >= 0.6 is 0 Å². The number of rotatable bonds is 6. The lowest BCUT2D eigenvalue weighted by Gasteiger charge is -2.30. The van der Waals surface area contributed by atoms with Crippen molar-refractivity contribution in [2.75, 3.05) is 25.9 Å². The third kappa shape index (κ3) is 4.85. The smallest absolute Gasteiger partial charge is 0.224 e. The summed E-state index contributed by atoms with van der Waals surface area (Å²) in [6, 6.07) is 7.47. The van der Waals surface area contributed by atoms with E-state index < -0.39 is 10.0 Å². The molecule has 1 aliphatic heterocycles.